The Morgan fingerprint density at radius 3 is 2.86 bits per heavy atom. The highest BCUT2D eigenvalue weighted by Crippen LogP contribution is 2.21. The topological polar surface area (TPSA) is 21.3 Å². The van der Waals surface area contributed by atoms with Gasteiger partial charge in [-0.1, -0.05) is 11.6 Å². The molecule has 14 heavy (non-hydrogen) atoms. The van der Waals surface area contributed by atoms with Crippen LogP contribution in [0.1, 0.15) is 0 Å². The molecule has 4 heteroatoms. The number of rotatable bonds is 3. The molecule has 0 aromatic heterocycles. The Morgan fingerprint density at radius 1 is 1.50 bits per heavy atom. The maximum Gasteiger partial charge on any atom is 0.142 e. The molecule has 1 heterocycles. The van der Waals surface area contributed by atoms with Gasteiger partial charge < -0.3 is 10.1 Å². The highest BCUT2D eigenvalue weighted by Gasteiger charge is 2.17. The van der Waals surface area contributed by atoms with Gasteiger partial charge in [-0.2, -0.15) is 0 Å². The van der Waals surface area contributed by atoms with E-state index >= 15 is 0 Å². The molecule has 0 saturated carbocycles. The van der Waals surface area contributed by atoms with E-state index in [1.807, 2.05) is 0 Å². The maximum absolute atomic E-state index is 12.8. The van der Waals surface area contributed by atoms with Crippen LogP contribution in [0.15, 0.2) is 18.2 Å². The summed E-state index contributed by atoms with van der Waals surface area (Å²) in [6, 6.07) is 4.41. The molecular weight excluding hydrogens is 205 g/mol. The third kappa shape index (κ3) is 2.16. The van der Waals surface area contributed by atoms with E-state index in [0.717, 1.165) is 13.1 Å². The van der Waals surface area contributed by atoms with Crippen molar-refractivity contribution in [2.75, 3.05) is 19.7 Å². The summed E-state index contributed by atoms with van der Waals surface area (Å²) in [4.78, 5) is 0. The zero-order chi connectivity index (χ0) is 9.97. The maximum atomic E-state index is 12.8. The Labute approximate surface area is 87.0 Å². The lowest BCUT2D eigenvalue weighted by atomic mass is 10.1. The molecule has 2 nitrogen and oxygen atoms in total. The summed E-state index contributed by atoms with van der Waals surface area (Å²) in [7, 11) is 0. The largest absolute Gasteiger partial charge is 0.493 e. The predicted octanol–water partition coefficient (Wildman–Crippen LogP) is 2.08. The molecule has 1 aliphatic rings. The summed E-state index contributed by atoms with van der Waals surface area (Å²) in [6.45, 7) is 2.65. The van der Waals surface area contributed by atoms with Crippen molar-refractivity contribution in [3.05, 3.63) is 29.0 Å². The van der Waals surface area contributed by atoms with Crippen molar-refractivity contribution >= 4 is 11.6 Å². The second kappa shape index (κ2) is 4.15. The van der Waals surface area contributed by atoms with Crippen LogP contribution in [0.2, 0.25) is 5.02 Å². The second-order valence-corrected chi connectivity index (χ2v) is 3.82. The lowest BCUT2D eigenvalue weighted by Crippen LogP contribution is -2.45. The van der Waals surface area contributed by atoms with Crippen molar-refractivity contribution in [3.8, 4) is 5.75 Å². The molecule has 2 rings (SSSR count). The molecule has 0 bridgehead atoms. The summed E-state index contributed by atoms with van der Waals surface area (Å²) in [5, 5.41) is 3.26. The van der Waals surface area contributed by atoms with Crippen molar-refractivity contribution < 1.29 is 9.13 Å². The van der Waals surface area contributed by atoms with E-state index in [9.17, 15) is 4.39 Å². The first-order valence-corrected chi connectivity index (χ1v) is 4.92. The van der Waals surface area contributed by atoms with Gasteiger partial charge >= 0.3 is 0 Å². The first kappa shape index (κ1) is 9.74. The molecule has 0 amide bonds. The van der Waals surface area contributed by atoms with Gasteiger partial charge in [0.2, 0.25) is 0 Å². The van der Waals surface area contributed by atoms with E-state index in [2.05, 4.69) is 5.32 Å². The fourth-order valence-corrected chi connectivity index (χ4v) is 1.42. The van der Waals surface area contributed by atoms with E-state index in [1.54, 1.807) is 6.07 Å². The Bertz CT molecular complexity index is 328. The molecule has 0 aliphatic carbocycles. The van der Waals surface area contributed by atoms with Crippen LogP contribution in [0, 0.1) is 11.7 Å². The molecule has 1 aromatic carbocycles. The van der Waals surface area contributed by atoms with Crippen molar-refractivity contribution in [3.63, 3.8) is 0 Å². The zero-order valence-corrected chi connectivity index (χ0v) is 8.35. The van der Waals surface area contributed by atoms with Crippen molar-refractivity contribution in [1.82, 2.24) is 5.32 Å². The van der Waals surface area contributed by atoms with Crippen LogP contribution in [-0.2, 0) is 0 Å². The third-order valence-electron chi connectivity index (χ3n) is 2.24. The van der Waals surface area contributed by atoms with Gasteiger partial charge in [-0.05, 0) is 12.1 Å². The molecule has 1 N–H and O–H groups in total. The van der Waals surface area contributed by atoms with Crippen molar-refractivity contribution in [2.45, 2.75) is 0 Å². The molecule has 0 atom stereocenters. The first-order valence-electron chi connectivity index (χ1n) is 4.54. The van der Waals surface area contributed by atoms with E-state index in [0.29, 0.717) is 18.3 Å². The van der Waals surface area contributed by atoms with Gasteiger partial charge in [0.25, 0.3) is 0 Å². The number of halogens is 2. The molecule has 76 valence electrons. The van der Waals surface area contributed by atoms with Crippen LogP contribution in [0.4, 0.5) is 4.39 Å². The zero-order valence-electron chi connectivity index (χ0n) is 7.59. The average Bonchev–Trinajstić information content (AvgIpc) is 2.08. The minimum Gasteiger partial charge on any atom is -0.493 e. The molecule has 0 unspecified atom stereocenters. The molecule has 1 aromatic rings. The average molecular weight is 216 g/mol. The quantitative estimate of drug-likeness (QED) is 0.834. The normalized spacial score (nSPS) is 16.4. The number of benzene rings is 1. The predicted molar refractivity (Wildman–Crippen MR) is 53.3 cm³/mol. The van der Waals surface area contributed by atoms with Crippen LogP contribution in [0.25, 0.3) is 0 Å². The van der Waals surface area contributed by atoms with Gasteiger partial charge in [0.15, 0.2) is 0 Å². The van der Waals surface area contributed by atoms with Crippen LogP contribution >= 0.6 is 11.6 Å². The number of nitrogens with one attached hydrogen (secondary N) is 1. The number of hydrogen-bond acceptors (Lipinski definition) is 2. The molecule has 1 aliphatic heterocycles. The van der Waals surface area contributed by atoms with Gasteiger partial charge in [0.1, 0.15) is 11.6 Å². The lowest BCUT2D eigenvalue weighted by Gasteiger charge is -2.26. The highest BCUT2D eigenvalue weighted by atomic mass is 35.5. The summed E-state index contributed by atoms with van der Waals surface area (Å²) in [6.07, 6.45) is 0. The van der Waals surface area contributed by atoms with Crippen LogP contribution in [0.5, 0.6) is 5.75 Å². The summed E-state index contributed by atoms with van der Waals surface area (Å²) in [5.74, 6) is 0.784. The monoisotopic (exact) mass is 215 g/mol. The van der Waals surface area contributed by atoms with Gasteiger partial charge in [0, 0.05) is 25.1 Å². The summed E-state index contributed by atoms with van der Waals surface area (Å²) in [5.41, 5.74) is 0. The smallest absolute Gasteiger partial charge is 0.142 e. The Hall–Kier alpha value is -0.800. The van der Waals surface area contributed by atoms with E-state index in [1.165, 1.54) is 12.1 Å². The number of hydrogen-bond donors (Lipinski definition) is 1. The lowest BCUT2D eigenvalue weighted by molar-refractivity contribution is 0.199. The van der Waals surface area contributed by atoms with E-state index < -0.39 is 5.82 Å². The minimum atomic E-state index is -0.413. The highest BCUT2D eigenvalue weighted by molar-refractivity contribution is 6.30. The minimum absolute atomic E-state index is 0.106. The van der Waals surface area contributed by atoms with Crippen molar-refractivity contribution in [1.29, 1.82) is 0 Å². The fourth-order valence-electron chi connectivity index (χ4n) is 1.25. The van der Waals surface area contributed by atoms with Gasteiger partial charge in [-0.25, -0.2) is 4.39 Å². The molecule has 1 fully saturated rings. The van der Waals surface area contributed by atoms with E-state index in [-0.39, 0.29) is 5.02 Å². The molecule has 0 radical (unpaired) electrons. The second-order valence-electron chi connectivity index (χ2n) is 3.41. The Kier molecular flexibility index (Phi) is 2.89. The molecule has 1 saturated heterocycles. The van der Waals surface area contributed by atoms with Crippen LogP contribution in [0.3, 0.4) is 0 Å². The molecular formula is C10H11ClFNO. The SMILES string of the molecule is Fc1ccc(OCC2CNC2)cc1Cl. The summed E-state index contributed by atoms with van der Waals surface area (Å²) >= 11 is 5.61. The standard InChI is InChI=1S/C10H11ClFNO/c11-9-3-8(1-2-10(9)12)14-6-7-4-13-5-7/h1-3,7,13H,4-6H2. The van der Waals surface area contributed by atoms with Gasteiger partial charge in [0.05, 0.1) is 11.6 Å². The van der Waals surface area contributed by atoms with Gasteiger partial charge in [-0.3, -0.25) is 0 Å². The Balaban J connectivity index is 1.91. The first-order chi connectivity index (χ1) is 6.75. The van der Waals surface area contributed by atoms with E-state index in [4.69, 9.17) is 16.3 Å². The Morgan fingerprint density at radius 2 is 2.29 bits per heavy atom. The molecule has 0 spiro atoms. The fraction of sp³-hybridized carbons (Fsp3) is 0.400. The number of ether oxygens (including phenoxy) is 1. The van der Waals surface area contributed by atoms with Crippen molar-refractivity contribution in [2.24, 2.45) is 5.92 Å². The van der Waals surface area contributed by atoms with Gasteiger partial charge in [-0.15, -0.1) is 0 Å². The van der Waals surface area contributed by atoms with Crippen LogP contribution in [-0.4, -0.2) is 19.7 Å². The summed E-state index contributed by atoms with van der Waals surface area (Å²) < 4.78 is 18.2. The van der Waals surface area contributed by atoms with Crippen LogP contribution < -0.4 is 10.1 Å². The third-order valence-corrected chi connectivity index (χ3v) is 2.53.